The maximum atomic E-state index is 8.77. The molecule has 4 nitrogen and oxygen atoms in total. The van der Waals surface area contributed by atoms with E-state index in [4.69, 9.17) is 27.4 Å². The molecule has 6 heteroatoms. The Labute approximate surface area is 75.1 Å². The van der Waals surface area contributed by atoms with Crippen LogP contribution in [0.15, 0.2) is 12.3 Å². The number of halogens is 1. The Balaban J connectivity index is 3.03. The zero-order valence-electron chi connectivity index (χ0n) is 6.24. The van der Waals surface area contributed by atoms with E-state index in [1.54, 1.807) is 0 Å². The van der Waals surface area contributed by atoms with Gasteiger partial charge in [-0.25, -0.2) is 0 Å². The number of nitrogens with zero attached hydrogens (tertiary/aromatic N) is 1. The lowest BCUT2D eigenvalue weighted by Crippen LogP contribution is -2.31. The van der Waals surface area contributed by atoms with Crippen LogP contribution in [0.4, 0.5) is 0 Å². The van der Waals surface area contributed by atoms with Crippen LogP contribution in [0.25, 0.3) is 0 Å². The number of hydrogen-bond donors (Lipinski definition) is 3. The van der Waals surface area contributed by atoms with Gasteiger partial charge in [0.25, 0.3) is 0 Å². The minimum atomic E-state index is -1.59. The Kier molecular flexibility index (Phi) is 3.05. The standard InChI is InChI=1S/C6H8BClN2O2/c8-6-1-4(2-9)10-3-5(6)7(11)12/h1,3,11-12H,2,9H2. The maximum Gasteiger partial charge on any atom is 0.491 e. The smallest absolute Gasteiger partial charge is 0.423 e. The summed E-state index contributed by atoms with van der Waals surface area (Å²) in [4.78, 5) is 3.85. The molecule has 12 heavy (non-hydrogen) atoms. The summed E-state index contributed by atoms with van der Waals surface area (Å²) in [5, 5.41) is 17.8. The zero-order chi connectivity index (χ0) is 9.14. The summed E-state index contributed by atoms with van der Waals surface area (Å²) in [6.45, 7) is 0.279. The molecule has 1 aromatic rings. The van der Waals surface area contributed by atoms with E-state index in [1.165, 1.54) is 12.3 Å². The molecule has 0 fully saturated rings. The molecule has 0 radical (unpaired) electrons. The molecular weight excluding hydrogens is 178 g/mol. The number of nitrogens with two attached hydrogens (primary N) is 1. The van der Waals surface area contributed by atoms with Crippen LogP contribution in [0.3, 0.4) is 0 Å². The second-order valence-electron chi connectivity index (χ2n) is 2.27. The van der Waals surface area contributed by atoms with Crippen molar-refractivity contribution in [2.45, 2.75) is 6.54 Å². The second-order valence-corrected chi connectivity index (χ2v) is 2.68. The van der Waals surface area contributed by atoms with E-state index in [9.17, 15) is 0 Å². The van der Waals surface area contributed by atoms with E-state index in [-0.39, 0.29) is 17.0 Å². The van der Waals surface area contributed by atoms with Crippen LogP contribution in [0.1, 0.15) is 5.69 Å². The van der Waals surface area contributed by atoms with Gasteiger partial charge in [-0.05, 0) is 6.07 Å². The third kappa shape index (κ3) is 1.95. The first-order chi connectivity index (χ1) is 5.65. The number of pyridine rings is 1. The van der Waals surface area contributed by atoms with Crippen molar-refractivity contribution < 1.29 is 10.0 Å². The lowest BCUT2D eigenvalue weighted by molar-refractivity contribution is 0.425. The molecule has 0 saturated carbocycles. The third-order valence-corrected chi connectivity index (χ3v) is 1.75. The first kappa shape index (κ1) is 9.47. The Hall–Kier alpha value is -0.615. The van der Waals surface area contributed by atoms with Gasteiger partial charge in [0.15, 0.2) is 0 Å². The number of aromatic nitrogens is 1. The molecule has 0 saturated heterocycles. The average molecular weight is 186 g/mol. The third-order valence-electron chi connectivity index (χ3n) is 1.43. The number of rotatable bonds is 2. The van der Waals surface area contributed by atoms with Gasteiger partial charge in [0, 0.05) is 23.2 Å². The van der Waals surface area contributed by atoms with Crippen molar-refractivity contribution in [1.29, 1.82) is 0 Å². The van der Waals surface area contributed by atoms with Crippen LogP contribution in [-0.4, -0.2) is 22.2 Å². The Bertz CT molecular complexity index is 282. The maximum absolute atomic E-state index is 8.77. The van der Waals surface area contributed by atoms with Crippen LogP contribution in [-0.2, 0) is 6.54 Å². The van der Waals surface area contributed by atoms with E-state index in [0.29, 0.717) is 5.69 Å². The van der Waals surface area contributed by atoms with Crippen LogP contribution in [0.2, 0.25) is 5.02 Å². The lowest BCUT2D eigenvalue weighted by Gasteiger charge is -2.03. The molecule has 0 aliphatic carbocycles. The van der Waals surface area contributed by atoms with Gasteiger partial charge in [0.1, 0.15) is 0 Å². The molecule has 0 aliphatic heterocycles. The first-order valence-electron chi connectivity index (χ1n) is 3.35. The molecule has 0 aromatic carbocycles. The summed E-state index contributed by atoms with van der Waals surface area (Å²) in [6.07, 6.45) is 1.30. The highest BCUT2D eigenvalue weighted by Crippen LogP contribution is 2.05. The predicted octanol–water partition coefficient (Wildman–Crippen LogP) is -1.13. The molecule has 1 heterocycles. The summed E-state index contributed by atoms with van der Waals surface area (Å²) < 4.78 is 0. The van der Waals surface area contributed by atoms with Crippen molar-refractivity contribution in [3.63, 3.8) is 0 Å². The minimum absolute atomic E-state index is 0.189. The number of hydrogen-bond acceptors (Lipinski definition) is 4. The topological polar surface area (TPSA) is 79.4 Å². The van der Waals surface area contributed by atoms with Crippen LogP contribution >= 0.6 is 11.6 Å². The highest BCUT2D eigenvalue weighted by Gasteiger charge is 2.15. The largest absolute Gasteiger partial charge is 0.491 e. The molecule has 0 bridgehead atoms. The van der Waals surface area contributed by atoms with Gasteiger partial charge in [0.2, 0.25) is 0 Å². The SMILES string of the molecule is NCc1cc(Cl)c(B(O)O)cn1. The van der Waals surface area contributed by atoms with Crippen molar-refractivity contribution >= 4 is 24.2 Å². The molecule has 0 amide bonds. The molecule has 1 rings (SSSR count). The van der Waals surface area contributed by atoms with Gasteiger partial charge in [-0.3, -0.25) is 4.98 Å². The molecule has 1 aromatic heterocycles. The highest BCUT2D eigenvalue weighted by molar-refractivity contribution is 6.62. The van der Waals surface area contributed by atoms with Crippen LogP contribution < -0.4 is 11.2 Å². The predicted molar refractivity (Wildman–Crippen MR) is 47.0 cm³/mol. The van der Waals surface area contributed by atoms with Gasteiger partial charge in [-0.2, -0.15) is 0 Å². The van der Waals surface area contributed by atoms with Gasteiger partial charge in [-0.1, -0.05) is 11.6 Å². The van der Waals surface area contributed by atoms with Crippen molar-refractivity contribution in [2.75, 3.05) is 0 Å². The van der Waals surface area contributed by atoms with Crippen molar-refractivity contribution in [3.05, 3.63) is 23.0 Å². The fraction of sp³-hybridized carbons (Fsp3) is 0.167. The Morgan fingerprint density at radius 2 is 2.25 bits per heavy atom. The molecule has 0 aliphatic rings. The zero-order valence-corrected chi connectivity index (χ0v) is 6.99. The monoisotopic (exact) mass is 186 g/mol. The minimum Gasteiger partial charge on any atom is -0.423 e. The quantitative estimate of drug-likeness (QED) is 0.511. The van der Waals surface area contributed by atoms with Crippen LogP contribution in [0, 0.1) is 0 Å². The summed E-state index contributed by atoms with van der Waals surface area (Å²) >= 11 is 5.69. The molecule has 0 atom stereocenters. The normalized spacial score (nSPS) is 10.0. The van der Waals surface area contributed by atoms with Crippen molar-refractivity contribution in [2.24, 2.45) is 5.73 Å². The highest BCUT2D eigenvalue weighted by atomic mass is 35.5. The van der Waals surface area contributed by atoms with Gasteiger partial charge in [-0.15, -0.1) is 0 Å². The molecule has 4 N–H and O–H groups in total. The van der Waals surface area contributed by atoms with Gasteiger partial charge in [0.05, 0.1) is 5.69 Å². The van der Waals surface area contributed by atoms with E-state index >= 15 is 0 Å². The fourth-order valence-corrected chi connectivity index (χ4v) is 1.05. The van der Waals surface area contributed by atoms with Gasteiger partial charge < -0.3 is 15.8 Å². The average Bonchev–Trinajstić information content (AvgIpc) is 2.03. The van der Waals surface area contributed by atoms with Crippen molar-refractivity contribution in [3.8, 4) is 0 Å². The Morgan fingerprint density at radius 1 is 1.58 bits per heavy atom. The van der Waals surface area contributed by atoms with Gasteiger partial charge >= 0.3 is 7.12 Å². The second kappa shape index (κ2) is 3.86. The van der Waals surface area contributed by atoms with E-state index < -0.39 is 7.12 Å². The lowest BCUT2D eigenvalue weighted by atomic mass is 9.81. The summed E-state index contributed by atoms with van der Waals surface area (Å²) in [6, 6.07) is 1.51. The van der Waals surface area contributed by atoms with E-state index in [0.717, 1.165) is 0 Å². The summed E-state index contributed by atoms with van der Waals surface area (Å²) in [5.41, 5.74) is 6.10. The summed E-state index contributed by atoms with van der Waals surface area (Å²) in [5.74, 6) is 0. The molecule has 64 valence electrons. The van der Waals surface area contributed by atoms with E-state index in [2.05, 4.69) is 4.98 Å². The fourth-order valence-electron chi connectivity index (χ4n) is 0.783. The molecular formula is C6H8BClN2O2. The Morgan fingerprint density at radius 3 is 2.67 bits per heavy atom. The molecule has 0 spiro atoms. The summed E-state index contributed by atoms with van der Waals surface area (Å²) in [7, 11) is -1.59. The first-order valence-corrected chi connectivity index (χ1v) is 3.73. The van der Waals surface area contributed by atoms with Crippen LogP contribution in [0.5, 0.6) is 0 Å². The molecule has 0 unspecified atom stereocenters. The van der Waals surface area contributed by atoms with E-state index in [1.807, 2.05) is 0 Å². The van der Waals surface area contributed by atoms with Crippen molar-refractivity contribution in [1.82, 2.24) is 4.98 Å².